The number of nitrogens with zero attached hydrogens (tertiary/aromatic N) is 1. The smallest absolute Gasteiger partial charge is 0.244 e. The molecule has 1 atom stereocenters. The van der Waals surface area contributed by atoms with Gasteiger partial charge in [-0.15, -0.1) is 0 Å². The fourth-order valence-corrected chi connectivity index (χ4v) is 2.40. The summed E-state index contributed by atoms with van der Waals surface area (Å²) in [5, 5.41) is 5.62. The number of rotatable bonds is 4. The summed E-state index contributed by atoms with van der Waals surface area (Å²) in [6, 6.07) is 4.44. The van der Waals surface area contributed by atoms with Crippen molar-refractivity contribution in [2.24, 2.45) is 0 Å². The molecule has 110 valence electrons. The lowest BCUT2D eigenvalue weighted by atomic mass is 10.1. The van der Waals surface area contributed by atoms with Crippen molar-refractivity contribution in [1.82, 2.24) is 10.6 Å². The highest BCUT2D eigenvalue weighted by Crippen LogP contribution is 2.23. The summed E-state index contributed by atoms with van der Waals surface area (Å²) in [5.41, 5.74) is 1.57. The van der Waals surface area contributed by atoms with E-state index in [1.807, 2.05) is 18.0 Å². The molecule has 0 radical (unpaired) electrons. The molecule has 1 unspecified atom stereocenters. The van der Waals surface area contributed by atoms with Gasteiger partial charge in [0.1, 0.15) is 11.9 Å². The SMILES string of the molecule is CNCc1cc(F)cc(N2CCOCC2C(=O)NC)c1. The van der Waals surface area contributed by atoms with Crippen LogP contribution in [0.15, 0.2) is 18.2 Å². The van der Waals surface area contributed by atoms with E-state index < -0.39 is 6.04 Å². The van der Waals surface area contributed by atoms with Gasteiger partial charge in [0.15, 0.2) is 0 Å². The molecule has 1 fully saturated rings. The van der Waals surface area contributed by atoms with Crippen LogP contribution in [0.4, 0.5) is 10.1 Å². The van der Waals surface area contributed by atoms with Gasteiger partial charge in [-0.25, -0.2) is 4.39 Å². The monoisotopic (exact) mass is 281 g/mol. The van der Waals surface area contributed by atoms with Crippen LogP contribution in [0.2, 0.25) is 0 Å². The molecule has 1 aromatic rings. The number of halogens is 1. The number of ether oxygens (including phenoxy) is 1. The fourth-order valence-electron chi connectivity index (χ4n) is 2.40. The average Bonchev–Trinajstić information content (AvgIpc) is 2.46. The van der Waals surface area contributed by atoms with E-state index in [1.165, 1.54) is 12.1 Å². The second kappa shape index (κ2) is 6.67. The quantitative estimate of drug-likeness (QED) is 0.844. The van der Waals surface area contributed by atoms with Gasteiger partial charge in [-0.3, -0.25) is 4.79 Å². The highest BCUT2D eigenvalue weighted by Gasteiger charge is 2.29. The molecular weight excluding hydrogens is 261 g/mol. The molecule has 5 nitrogen and oxygen atoms in total. The van der Waals surface area contributed by atoms with Crippen molar-refractivity contribution in [3.8, 4) is 0 Å². The summed E-state index contributed by atoms with van der Waals surface area (Å²) in [6.45, 7) is 2.00. The van der Waals surface area contributed by atoms with E-state index in [0.717, 1.165) is 5.56 Å². The van der Waals surface area contributed by atoms with Crippen LogP contribution in [0, 0.1) is 5.82 Å². The van der Waals surface area contributed by atoms with Crippen molar-refractivity contribution in [2.45, 2.75) is 12.6 Å². The van der Waals surface area contributed by atoms with Gasteiger partial charge in [0.05, 0.1) is 13.2 Å². The number of benzene rings is 1. The van der Waals surface area contributed by atoms with Gasteiger partial charge in [-0.2, -0.15) is 0 Å². The fraction of sp³-hybridized carbons (Fsp3) is 0.500. The number of hydrogen-bond donors (Lipinski definition) is 2. The maximum Gasteiger partial charge on any atom is 0.244 e. The van der Waals surface area contributed by atoms with Gasteiger partial charge in [0, 0.05) is 25.8 Å². The normalized spacial score (nSPS) is 18.9. The maximum absolute atomic E-state index is 13.7. The Balaban J connectivity index is 2.29. The summed E-state index contributed by atoms with van der Waals surface area (Å²) < 4.78 is 19.1. The summed E-state index contributed by atoms with van der Waals surface area (Å²) in [7, 11) is 3.40. The van der Waals surface area contributed by atoms with E-state index in [2.05, 4.69) is 10.6 Å². The minimum Gasteiger partial charge on any atom is -0.377 e. The minimum absolute atomic E-state index is 0.121. The molecule has 1 saturated heterocycles. The minimum atomic E-state index is -0.419. The van der Waals surface area contributed by atoms with Gasteiger partial charge in [0.25, 0.3) is 0 Å². The van der Waals surface area contributed by atoms with E-state index in [4.69, 9.17) is 4.74 Å². The molecule has 20 heavy (non-hydrogen) atoms. The van der Waals surface area contributed by atoms with Crippen LogP contribution in [-0.2, 0) is 16.1 Å². The number of hydrogen-bond acceptors (Lipinski definition) is 4. The highest BCUT2D eigenvalue weighted by atomic mass is 19.1. The van der Waals surface area contributed by atoms with Crippen molar-refractivity contribution in [2.75, 3.05) is 38.8 Å². The molecule has 0 aromatic heterocycles. The average molecular weight is 281 g/mol. The molecular formula is C14H20FN3O2. The van der Waals surface area contributed by atoms with Crippen LogP contribution in [0.3, 0.4) is 0 Å². The number of anilines is 1. The van der Waals surface area contributed by atoms with Crippen molar-refractivity contribution in [1.29, 1.82) is 0 Å². The third-order valence-corrected chi connectivity index (χ3v) is 3.33. The second-order valence-corrected chi connectivity index (χ2v) is 4.75. The largest absolute Gasteiger partial charge is 0.377 e. The third-order valence-electron chi connectivity index (χ3n) is 3.33. The van der Waals surface area contributed by atoms with E-state index >= 15 is 0 Å². The molecule has 0 bridgehead atoms. The molecule has 0 aliphatic carbocycles. The molecule has 1 aliphatic rings. The molecule has 1 aromatic carbocycles. The molecule has 1 heterocycles. The Morgan fingerprint density at radius 2 is 2.25 bits per heavy atom. The molecule has 0 spiro atoms. The standard InChI is InChI=1S/C14H20FN3O2/c1-16-8-10-5-11(15)7-12(6-10)18-3-4-20-9-13(18)14(19)17-2/h5-7,13,16H,3-4,8-9H2,1-2H3,(H,17,19). The molecule has 0 saturated carbocycles. The summed E-state index contributed by atoms with van der Waals surface area (Å²) in [5.74, 6) is -0.418. The number of likely N-dealkylation sites (N-methyl/N-ethyl adjacent to an activating group) is 1. The lowest BCUT2D eigenvalue weighted by Gasteiger charge is -2.36. The molecule has 1 aliphatic heterocycles. The maximum atomic E-state index is 13.7. The molecule has 2 N–H and O–H groups in total. The first-order valence-corrected chi connectivity index (χ1v) is 6.65. The van der Waals surface area contributed by atoms with Gasteiger partial charge in [0.2, 0.25) is 5.91 Å². The number of carbonyl (C=O) groups is 1. The van der Waals surface area contributed by atoms with Gasteiger partial charge in [-0.1, -0.05) is 0 Å². The number of carbonyl (C=O) groups excluding carboxylic acids is 1. The van der Waals surface area contributed by atoms with E-state index in [9.17, 15) is 9.18 Å². The Labute approximate surface area is 118 Å². The first-order chi connectivity index (χ1) is 9.65. The van der Waals surface area contributed by atoms with E-state index in [1.54, 1.807) is 7.05 Å². The van der Waals surface area contributed by atoms with Crippen molar-refractivity contribution in [3.63, 3.8) is 0 Å². The van der Waals surface area contributed by atoms with Crippen LogP contribution in [0.25, 0.3) is 0 Å². The molecule has 6 heteroatoms. The topological polar surface area (TPSA) is 53.6 Å². The zero-order valence-electron chi connectivity index (χ0n) is 11.8. The van der Waals surface area contributed by atoms with Gasteiger partial charge >= 0.3 is 0 Å². The van der Waals surface area contributed by atoms with Crippen molar-refractivity contribution >= 4 is 11.6 Å². The Morgan fingerprint density at radius 3 is 2.95 bits per heavy atom. The van der Waals surface area contributed by atoms with Crippen LogP contribution in [0.1, 0.15) is 5.56 Å². The predicted molar refractivity (Wildman–Crippen MR) is 75.2 cm³/mol. The highest BCUT2D eigenvalue weighted by molar-refractivity contribution is 5.85. The summed E-state index contributed by atoms with van der Waals surface area (Å²) >= 11 is 0. The number of morpholine rings is 1. The Hall–Kier alpha value is -1.66. The Bertz CT molecular complexity index is 481. The second-order valence-electron chi connectivity index (χ2n) is 4.75. The van der Waals surface area contributed by atoms with Crippen LogP contribution in [0.5, 0.6) is 0 Å². The van der Waals surface area contributed by atoms with Crippen molar-refractivity contribution in [3.05, 3.63) is 29.6 Å². The van der Waals surface area contributed by atoms with Gasteiger partial charge < -0.3 is 20.3 Å². The summed E-state index contributed by atoms with van der Waals surface area (Å²) in [4.78, 5) is 13.8. The number of nitrogens with one attached hydrogen (secondary N) is 2. The van der Waals surface area contributed by atoms with Crippen LogP contribution >= 0.6 is 0 Å². The predicted octanol–water partition coefficient (Wildman–Crippen LogP) is 0.496. The third kappa shape index (κ3) is 3.26. The molecule has 1 amide bonds. The van der Waals surface area contributed by atoms with Crippen LogP contribution < -0.4 is 15.5 Å². The first kappa shape index (κ1) is 14.7. The van der Waals surface area contributed by atoms with E-state index in [-0.39, 0.29) is 11.7 Å². The van der Waals surface area contributed by atoms with Gasteiger partial charge in [-0.05, 0) is 30.8 Å². The lowest BCUT2D eigenvalue weighted by molar-refractivity contribution is -0.124. The first-order valence-electron chi connectivity index (χ1n) is 6.65. The van der Waals surface area contributed by atoms with Crippen molar-refractivity contribution < 1.29 is 13.9 Å². The zero-order valence-corrected chi connectivity index (χ0v) is 11.8. The van der Waals surface area contributed by atoms with E-state index in [0.29, 0.717) is 32.0 Å². The number of amides is 1. The summed E-state index contributed by atoms with van der Waals surface area (Å²) in [6.07, 6.45) is 0. The van der Waals surface area contributed by atoms with Crippen LogP contribution in [-0.4, -0.2) is 45.8 Å². The Morgan fingerprint density at radius 1 is 1.45 bits per heavy atom. The molecule has 2 rings (SSSR count). The Kier molecular flexibility index (Phi) is 4.92. The lowest BCUT2D eigenvalue weighted by Crippen LogP contribution is -2.53. The zero-order chi connectivity index (χ0) is 14.5.